The van der Waals surface area contributed by atoms with E-state index in [2.05, 4.69) is 4.52 Å². The maximum Gasteiger partial charge on any atom is 0.390 e. The molecule has 0 bridgehead atoms. The van der Waals surface area contributed by atoms with Gasteiger partial charge in [0, 0.05) is 0 Å². The summed E-state index contributed by atoms with van der Waals surface area (Å²) in [6.07, 6.45) is -0.540. The Balaban J connectivity index is 2.86. The molecule has 0 aliphatic rings. The van der Waals surface area contributed by atoms with Crippen LogP contribution >= 0.6 is 7.60 Å². The molecule has 1 aromatic carbocycles. The second kappa shape index (κ2) is 3.87. The van der Waals surface area contributed by atoms with Crippen molar-refractivity contribution in [2.24, 2.45) is 5.73 Å². The second-order valence-corrected chi connectivity index (χ2v) is 4.16. The first kappa shape index (κ1) is 10.2. The summed E-state index contributed by atoms with van der Waals surface area (Å²) in [5.41, 5.74) is 4.94. The quantitative estimate of drug-likeness (QED) is 0.729. The Morgan fingerprint density at radius 2 is 2.15 bits per heavy atom. The molecule has 0 radical (unpaired) electrons. The molecule has 0 saturated heterocycles. The van der Waals surface area contributed by atoms with Crippen molar-refractivity contribution in [2.75, 3.05) is 6.29 Å². The van der Waals surface area contributed by atoms with Crippen molar-refractivity contribution in [1.82, 2.24) is 0 Å². The standard InChI is InChI=1S/C7H9FNO3P/c8-6-3-1-2-4-7(6)12-13(10,11)5-9/h1-4H,5,9H2,(H,10,11). The maximum absolute atomic E-state index is 12.9. The molecule has 0 aliphatic heterocycles. The Bertz CT molecular complexity index is 344. The van der Waals surface area contributed by atoms with Gasteiger partial charge in [-0.2, -0.15) is 0 Å². The molecule has 1 rings (SSSR count). The highest BCUT2D eigenvalue weighted by Crippen LogP contribution is 2.41. The third kappa shape index (κ3) is 2.81. The summed E-state index contributed by atoms with van der Waals surface area (Å²) in [4.78, 5) is 8.94. The van der Waals surface area contributed by atoms with Crippen molar-refractivity contribution in [3.63, 3.8) is 0 Å². The van der Waals surface area contributed by atoms with Gasteiger partial charge in [-0.1, -0.05) is 12.1 Å². The van der Waals surface area contributed by atoms with E-state index in [0.29, 0.717) is 0 Å². The highest BCUT2D eigenvalue weighted by Gasteiger charge is 2.19. The molecular formula is C7H9FNO3P. The molecule has 4 nitrogen and oxygen atoms in total. The Hall–Kier alpha value is -0.900. The second-order valence-electron chi connectivity index (χ2n) is 2.34. The van der Waals surface area contributed by atoms with Crippen LogP contribution in [0.3, 0.4) is 0 Å². The van der Waals surface area contributed by atoms with Gasteiger partial charge in [-0.3, -0.25) is 0 Å². The van der Waals surface area contributed by atoms with Crippen molar-refractivity contribution in [3.05, 3.63) is 30.1 Å². The predicted molar refractivity (Wildman–Crippen MR) is 45.9 cm³/mol. The fourth-order valence-electron chi connectivity index (χ4n) is 0.710. The van der Waals surface area contributed by atoms with E-state index in [1.165, 1.54) is 18.2 Å². The smallest absolute Gasteiger partial charge is 0.390 e. The van der Waals surface area contributed by atoms with Crippen molar-refractivity contribution >= 4 is 7.60 Å². The van der Waals surface area contributed by atoms with Crippen LogP contribution in [0.5, 0.6) is 5.75 Å². The number of para-hydroxylation sites is 1. The summed E-state index contributed by atoms with van der Waals surface area (Å²) < 4.78 is 28.3. The number of hydrogen-bond donors (Lipinski definition) is 2. The molecule has 0 heterocycles. The molecule has 1 unspecified atom stereocenters. The predicted octanol–water partition coefficient (Wildman–Crippen LogP) is 1.31. The van der Waals surface area contributed by atoms with Crippen molar-refractivity contribution < 1.29 is 18.4 Å². The molecule has 0 amide bonds. The molecule has 6 heteroatoms. The Labute approximate surface area is 74.7 Å². The largest absolute Gasteiger partial charge is 0.421 e. The van der Waals surface area contributed by atoms with Crippen LogP contribution in [0.15, 0.2) is 24.3 Å². The topological polar surface area (TPSA) is 72.6 Å². The first-order chi connectivity index (χ1) is 6.05. The van der Waals surface area contributed by atoms with E-state index < -0.39 is 19.7 Å². The molecule has 0 aliphatic carbocycles. The number of hydrogen-bond acceptors (Lipinski definition) is 3. The Morgan fingerprint density at radius 3 is 2.69 bits per heavy atom. The van der Waals surface area contributed by atoms with Crippen LogP contribution in [0.4, 0.5) is 4.39 Å². The molecule has 13 heavy (non-hydrogen) atoms. The molecule has 0 spiro atoms. The van der Waals surface area contributed by atoms with E-state index in [4.69, 9.17) is 10.6 Å². The third-order valence-electron chi connectivity index (χ3n) is 1.31. The number of halogens is 1. The molecule has 0 saturated carbocycles. The van der Waals surface area contributed by atoms with E-state index >= 15 is 0 Å². The lowest BCUT2D eigenvalue weighted by molar-refractivity contribution is 0.370. The zero-order valence-electron chi connectivity index (χ0n) is 6.68. The first-order valence-corrected chi connectivity index (χ1v) is 5.27. The van der Waals surface area contributed by atoms with E-state index in [-0.39, 0.29) is 5.75 Å². The highest BCUT2D eigenvalue weighted by atomic mass is 31.2. The van der Waals surface area contributed by atoms with Gasteiger partial charge >= 0.3 is 7.60 Å². The number of benzene rings is 1. The summed E-state index contributed by atoms with van der Waals surface area (Å²) >= 11 is 0. The molecule has 0 fully saturated rings. The summed E-state index contributed by atoms with van der Waals surface area (Å²) in [5.74, 6) is -0.955. The van der Waals surface area contributed by atoms with Gasteiger partial charge in [0.1, 0.15) is 6.29 Å². The molecule has 1 aromatic rings. The van der Waals surface area contributed by atoms with Gasteiger partial charge in [0.15, 0.2) is 11.6 Å². The van der Waals surface area contributed by atoms with Gasteiger partial charge in [0.2, 0.25) is 0 Å². The fraction of sp³-hybridized carbons (Fsp3) is 0.143. The minimum Gasteiger partial charge on any atom is -0.421 e. The minimum absolute atomic E-state index is 0.265. The first-order valence-electron chi connectivity index (χ1n) is 3.51. The average Bonchev–Trinajstić information content (AvgIpc) is 2.09. The fourth-order valence-corrected chi connectivity index (χ4v) is 1.24. The zero-order valence-corrected chi connectivity index (χ0v) is 7.58. The summed E-state index contributed by atoms with van der Waals surface area (Å²) in [5, 5.41) is 0. The van der Waals surface area contributed by atoms with Crippen LogP contribution in [0.1, 0.15) is 0 Å². The Kier molecular flexibility index (Phi) is 3.03. The average molecular weight is 205 g/mol. The SMILES string of the molecule is NCP(=O)(O)Oc1ccccc1F. The van der Waals surface area contributed by atoms with Crippen molar-refractivity contribution in [3.8, 4) is 5.75 Å². The highest BCUT2D eigenvalue weighted by molar-refractivity contribution is 7.53. The summed E-state index contributed by atoms with van der Waals surface area (Å²) in [6, 6.07) is 5.33. The molecular weight excluding hydrogens is 196 g/mol. The molecule has 72 valence electrons. The minimum atomic E-state index is -3.88. The Morgan fingerprint density at radius 1 is 1.54 bits per heavy atom. The zero-order chi connectivity index (χ0) is 9.90. The normalized spacial score (nSPS) is 15.0. The lowest BCUT2D eigenvalue weighted by Crippen LogP contribution is -2.05. The van der Waals surface area contributed by atoms with Gasteiger partial charge in [0.25, 0.3) is 0 Å². The van der Waals surface area contributed by atoms with E-state index in [1.54, 1.807) is 0 Å². The van der Waals surface area contributed by atoms with Crippen LogP contribution in [-0.4, -0.2) is 11.2 Å². The summed E-state index contributed by atoms with van der Waals surface area (Å²) in [6.45, 7) is 0. The van der Waals surface area contributed by atoms with Gasteiger partial charge < -0.3 is 15.2 Å². The maximum atomic E-state index is 12.9. The molecule has 1 atom stereocenters. The molecule has 0 aromatic heterocycles. The van der Waals surface area contributed by atoms with Gasteiger partial charge in [-0.05, 0) is 12.1 Å². The lowest BCUT2D eigenvalue weighted by Gasteiger charge is -2.11. The van der Waals surface area contributed by atoms with Gasteiger partial charge in [-0.25, -0.2) is 8.96 Å². The monoisotopic (exact) mass is 205 g/mol. The van der Waals surface area contributed by atoms with E-state index in [1.807, 2.05) is 0 Å². The summed E-state index contributed by atoms with van der Waals surface area (Å²) in [7, 11) is -3.88. The lowest BCUT2D eigenvalue weighted by atomic mass is 10.3. The van der Waals surface area contributed by atoms with Crippen LogP contribution in [0, 0.1) is 5.82 Å². The molecule has 3 N–H and O–H groups in total. The van der Waals surface area contributed by atoms with Crippen LogP contribution in [-0.2, 0) is 4.57 Å². The number of rotatable bonds is 3. The van der Waals surface area contributed by atoms with Crippen molar-refractivity contribution in [1.29, 1.82) is 0 Å². The van der Waals surface area contributed by atoms with Crippen molar-refractivity contribution in [2.45, 2.75) is 0 Å². The van der Waals surface area contributed by atoms with Gasteiger partial charge in [0.05, 0.1) is 0 Å². The van der Waals surface area contributed by atoms with Crippen LogP contribution in [0.2, 0.25) is 0 Å². The third-order valence-corrected chi connectivity index (χ3v) is 2.25. The number of nitrogens with two attached hydrogens (primary N) is 1. The van der Waals surface area contributed by atoms with Gasteiger partial charge in [-0.15, -0.1) is 0 Å². The van der Waals surface area contributed by atoms with Crippen LogP contribution in [0.25, 0.3) is 0 Å². The van der Waals surface area contributed by atoms with Crippen LogP contribution < -0.4 is 10.3 Å². The van der Waals surface area contributed by atoms with E-state index in [0.717, 1.165) is 6.07 Å². The van der Waals surface area contributed by atoms with E-state index in [9.17, 15) is 8.96 Å².